The van der Waals surface area contributed by atoms with Gasteiger partial charge in [-0.3, -0.25) is 14.9 Å². The number of allylic oxidation sites excluding steroid dienone is 2. The van der Waals surface area contributed by atoms with Crippen molar-refractivity contribution in [3.05, 3.63) is 35.4 Å². The minimum Gasteiger partial charge on any atom is -0.462 e. The van der Waals surface area contributed by atoms with E-state index in [1.165, 1.54) is 0 Å². The third-order valence-corrected chi connectivity index (χ3v) is 4.23. The molecule has 0 aromatic carbocycles. The van der Waals surface area contributed by atoms with Gasteiger partial charge in [0.05, 0.1) is 0 Å². The van der Waals surface area contributed by atoms with E-state index in [1.54, 1.807) is 12.2 Å². The highest BCUT2D eigenvalue weighted by Gasteiger charge is 2.44. The zero-order valence-electron chi connectivity index (χ0n) is 12.7. The Morgan fingerprint density at radius 1 is 1.38 bits per heavy atom. The van der Waals surface area contributed by atoms with E-state index in [1.807, 2.05) is 6.92 Å². The first-order valence-corrected chi connectivity index (χ1v) is 7.52. The molecule has 1 fully saturated rings. The average molecular weight is 295 g/mol. The molecule has 1 saturated carbocycles. The van der Waals surface area contributed by atoms with Crippen molar-refractivity contribution in [2.24, 2.45) is 17.8 Å². The van der Waals surface area contributed by atoms with Crippen LogP contribution in [0, 0.1) is 27.9 Å². The molecular formula is C16H25NO4. The number of hydrogen-bond donors (Lipinski definition) is 0. The van der Waals surface area contributed by atoms with Gasteiger partial charge in [0.2, 0.25) is 6.54 Å². The molecule has 0 bridgehead atoms. The Morgan fingerprint density at radius 3 is 2.67 bits per heavy atom. The molecule has 0 aromatic rings. The number of nitrogens with zero attached hydrogens (tertiary/aromatic N) is 1. The van der Waals surface area contributed by atoms with Crippen molar-refractivity contribution >= 4 is 5.97 Å². The molecule has 5 nitrogen and oxygen atoms in total. The third kappa shape index (κ3) is 5.33. The molecule has 0 aromatic heterocycles. The number of carbonyl (C=O) groups excluding carboxylic acids is 1. The van der Waals surface area contributed by atoms with Crippen LogP contribution in [0.4, 0.5) is 0 Å². The van der Waals surface area contributed by atoms with Crippen molar-refractivity contribution in [2.75, 3.05) is 6.54 Å². The van der Waals surface area contributed by atoms with Crippen LogP contribution in [0.1, 0.15) is 39.0 Å². The largest absolute Gasteiger partial charge is 0.462 e. The Bertz CT molecular complexity index is 394. The highest BCUT2D eigenvalue weighted by molar-refractivity contribution is 5.69. The Kier molecular flexibility index (Phi) is 7.12. The van der Waals surface area contributed by atoms with Gasteiger partial charge in [-0.25, -0.2) is 0 Å². The van der Waals surface area contributed by atoms with Gasteiger partial charge in [-0.1, -0.05) is 19.1 Å². The molecule has 0 spiro atoms. The van der Waals surface area contributed by atoms with E-state index in [9.17, 15) is 14.9 Å². The third-order valence-electron chi connectivity index (χ3n) is 4.23. The Hall–Kier alpha value is -1.65. The number of carbonyl (C=O) groups is 1. The van der Waals surface area contributed by atoms with Crippen LogP contribution in [0.2, 0.25) is 0 Å². The first kappa shape index (κ1) is 17.4. The highest BCUT2D eigenvalue weighted by Crippen LogP contribution is 2.41. The molecule has 21 heavy (non-hydrogen) atoms. The summed E-state index contributed by atoms with van der Waals surface area (Å²) in [6.07, 6.45) is 6.55. The maximum absolute atomic E-state index is 11.8. The summed E-state index contributed by atoms with van der Waals surface area (Å²) in [5, 5.41) is 10.8. The standard InChI is InChI=1S/C16H25NO4/c1-4-6-7-9-16(18)21-15-10-12(3)14(11-17(19)20)13(15)8-5-2/h4-5,12-15H,1-2,6-11H2,3H3/t12-,13-,14+,15+/m1/s1. The fourth-order valence-corrected chi connectivity index (χ4v) is 3.17. The summed E-state index contributed by atoms with van der Waals surface area (Å²) in [6.45, 7) is 9.26. The predicted molar refractivity (Wildman–Crippen MR) is 81.4 cm³/mol. The van der Waals surface area contributed by atoms with Crippen LogP contribution in [0.3, 0.4) is 0 Å². The van der Waals surface area contributed by atoms with Crippen molar-refractivity contribution < 1.29 is 14.5 Å². The van der Waals surface area contributed by atoms with Crippen LogP contribution in [0.5, 0.6) is 0 Å². The summed E-state index contributed by atoms with van der Waals surface area (Å²) in [7, 11) is 0. The Morgan fingerprint density at radius 2 is 2.10 bits per heavy atom. The van der Waals surface area contributed by atoms with Crippen molar-refractivity contribution in [1.29, 1.82) is 0 Å². The molecule has 4 atom stereocenters. The average Bonchev–Trinajstić information content (AvgIpc) is 2.67. The van der Waals surface area contributed by atoms with E-state index in [-0.39, 0.29) is 41.3 Å². The number of rotatable bonds is 9. The molecule has 0 aliphatic heterocycles. The van der Waals surface area contributed by atoms with Gasteiger partial charge in [0.1, 0.15) is 6.10 Å². The maximum atomic E-state index is 11.8. The van der Waals surface area contributed by atoms with Crippen LogP contribution in [-0.4, -0.2) is 23.5 Å². The number of nitro groups is 1. The fraction of sp³-hybridized carbons (Fsp3) is 0.688. The van der Waals surface area contributed by atoms with Gasteiger partial charge >= 0.3 is 5.97 Å². The molecular weight excluding hydrogens is 270 g/mol. The molecule has 1 aliphatic carbocycles. The molecule has 1 rings (SSSR count). The van der Waals surface area contributed by atoms with Crippen LogP contribution < -0.4 is 0 Å². The lowest BCUT2D eigenvalue weighted by atomic mass is 9.88. The van der Waals surface area contributed by atoms with Crippen LogP contribution in [0.25, 0.3) is 0 Å². The molecule has 0 amide bonds. The van der Waals surface area contributed by atoms with Gasteiger partial charge in [-0.15, -0.1) is 13.2 Å². The van der Waals surface area contributed by atoms with E-state index >= 15 is 0 Å². The fourth-order valence-electron chi connectivity index (χ4n) is 3.17. The SMILES string of the molecule is C=CCCCC(=O)O[C@H]1C[C@@H](C)[C@H](C[N+](=O)[O-])[C@H]1CC=C. The summed E-state index contributed by atoms with van der Waals surface area (Å²) < 4.78 is 5.56. The zero-order valence-corrected chi connectivity index (χ0v) is 12.7. The molecule has 5 heteroatoms. The van der Waals surface area contributed by atoms with Crippen molar-refractivity contribution in [1.82, 2.24) is 0 Å². The first-order valence-electron chi connectivity index (χ1n) is 7.52. The number of esters is 1. The lowest BCUT2D eigenvalue weighted by Gasteiger charge is -2.22. The van der Waals surface area contributed by atoms with E-state index in [2.05, 4.69) is 13.2 Å². The monoisotopic (exact) mass is 295 g/mol. The van der Waals surface area contributed by atoms with Gasteiger partial charge in [-0.2, -0.15) is 0 Å². The van der Waals surface area contributed by atoms with Gasteiger partial charge < -0.3 is 4.74 Å². The molecule has 1 aliphatic rings. The topological polar surface area (TPSA) is 69.4 Å². The molecule has 0 radical (unpaired) electrons. The summed E-state index contributed by atoms with van der Waals surface area (Å²) in [5.41, 5.74) is 0. The van der Waals surface area contributed by atoms with E-state index in [0.717, 1.165) is 12.8 Å². The highest BCUT2D eigenvalue weighted by atomic mass is 16.6. The summed E-state index contributed by atoms with van der Waals surface area (Å²) >= 11 is 0. The number of unbranched alkanes of at least 4 members (excludes halogenated alkanes) is 1. The van der Waals surface area contributed by atoms with Crippen LogP contribution >= 0.6 is 0 Å². The predicted octanol–water partition coefficient (Wildman–Crippen LogP) is 3.38. The summed E-state index contributed by atoms with van der Waals surface area (Å²) in [6, 6.07) is 0. The van der Waals surface area contributed by atoms with Gasteiger partial charge in [0.25, 0.3) is 0 Å². The van der Waals surface area contributed by atoms with E-state index < -0.39 is 0 Å². The summed E-state index contributed by atoms with van der Waals surface area (Å²) in [5.74, 6) is -0.0774. The second-order valence-corrected chi connectivity index (χ2v) is 5.79. The minimum absolute atomic E-state index is 0.00579. The Balaban J connectivity index is 2.63. The van der Waals surface area contributed by atoms with Gasteiger partial charge in [0.15, 0.2) is 0 Å². The molecule has 0 heterocycles. The second-order valence-electron chi connectivity index (χ2n) is 5.79. The molecule has 0 N–H and O–H groups in total. The molecule has 0 unspecified atom stereocenters. The number of ether oxygens (including phenoxy) is 1. The van der Waals surface area contributed by atoms with Crippen molar-refractivity contribution in [3.8, 4) is 0 Å². The Labute approximate surface area is 126 Å². The molecule has 118 valence electrons. The minimum atomic E-state index is -0.272. The summed E-state index contributed by atoms with van der Waals surface area (Å²) in [4.78, 5) is 22.4. The smallest absolute Gasteiger partial charge is 0.306 e. The van der Waals surface area contributed by atoms with Crippen molar-refractivity contribution in [3.63, 3.8) is 0 Å². The normalized spacial score (nSPS) is 28.0. The lowest BCUT2D eigenvalue weighted by molar-refractivity contribution is -0.491. The van der Waals surface area contributed by atoms with E-state index in [4.69, 9.17) is 4.74 Å². The lowest BCUT2D eigenvalue weighted by Crippen LogP contribution is -2.28. The van der Waals surface area contributed by atoms with Crippen LogP contribution in [0.15, 0.2) is 25.3 Å². The second kappa shape index (κ2) is 8.60. The molecule has 0 saturated heterocycles. The number of hydrogen-bond acceptors (Lipinski definition) is 4. The first-order chi connectivity index (χ1) is 9.99. The van der Waals surface area contributed by atoms with Gasteiger partial charge in [0, 0.05) is 23.2 Å². The van der Waals surface area contributed by atoms with Gasteiger partial charge in [-0.05, 0) is 31.6 Å². The zero-order chi connectivity index (χ0) is 15.8. The van der Waals surface area contributed by atoms with E-state index in [0.29, 0.717) is 19.3 Å². The maximum Gasteiger partial charge on any atom is 0.306 e. The van der Waals surface area contributed by atoms with Crippen molar-refractivity contribution in [2.45, 2.75) is 45.1 Å². The quantitative estimate of drug-likeness (QED) is 0.215. The van der Waals surface area contributed by atoms with Crippen LogP contribution in [-0.2, 0) is 9.53 Å².